The first-order valence-corrected chi connectivity index (χ1v) is 9.90. The number of nitrogens with zero attached hydrogens (tertiary/aromatic N) is 2. The van der Waals surface area contributed by atoms with E-state index in [9.17, 15) is 8.42 Å². The van der Waals surface area contributed by atoms with Crippen LogP contribution in [0.15, 0.2) is 46.9 Å². The van der Waals surface area contributed by atoms with Crippen molar-refractivity contribution in [3.05, 3.63) is 57.1 Å². The van der Waals surface area contributed by atoms with Gasteiger partial charge in [0, 0.05) is 28.4 Å². The molecule has 124 valence electrons. The van der Waals surface area contributed by atoms with Crippen molar-refractivity contribution in [2.24, 2.45) is 0 Å². The third-order valence-electron chi connectivity index (χ3n) is 2.91. The fraction of sp³-hybridized carbons (Fsp3) is 0. The molecule has 5 nitrogen and oxygen atoms in total. The molecule has 24 heavy (non-hydrogen) atoms. The fourth-order valence-electron chi connectivity index (χ4n) is 1.92. The van der Waals surface area contributed by atoms with E-state index >= 15 is 0 Å². The number of nitrogens with one attached hydrogen (secondary N) is 1. The third kappa shape index (κ3) is 3.65. The molecule has 3 aromatic rings. The van der Waals surface area contributed by atoms with Gasteiger partial charge in [0.25, 0.3) is 10.0 Å². The van der Waals surface area contributed by atoms with E-state index in [0.29, 0.717) is 5.69 Å². The quantitative estimate of drug-likeness (QED) is 0.647. The normalized spacial score (nSPS) is 11.5. The first kappa shape index (κ1) is 17.4. The summed E-state index contributed by atoms with van der Waals surface area (Å²) in [5, 5.41) is 2.03. The van der Waals surface area contributed by atoms with Crippen LogP contribution in [0.3, 0.4) is 0 Å². The smallest absolute Gasteiger partial charge is 0.264 e. The third-order valence-corrected chi connectivity index (χ3v) is 6.28. The van der Waals surface area contributed by atoms with Crippen LogP contribution in [0.5, 0.6) is 0 Å². The monoisotopic (exact) mass is 419 g/mol. The Morgan fingerprint density at radius 3 is 2.46 bits per heavy atom. The molecule has 0 aliphatic rings. The van der Waals surface area contributed by atoms with Crippen LogP contribution in [0.2, 0.25) is 15.1 Å². The molecule has 1 aromatic carbocycles. The largest absolute Gasteiger partial charge is 0.266 e. The topological polar surface area (TPSA) is 72.0 Å². The van der Waals surface area contributed by atoms with E-state index in [4.69, 9.17) is 34.8 Å². The Balaban J connectivity index is 1.93. The van der Waals surface area contributed by atoms with Crippen LogP contribution in [0.1, 0.15) is 0 Å². The number of sulfonamides is 1. The van der Waals surface area contributed by atoms with E-state index < -0.39 is 10.0 Å². The maximum atomic E-state index is 12.5. The van der Waals surface area contributed by atoms with Crippen molar-refractivity contribution >= 4 is 61.3 Å². The molecule has 0 spiro atoms. The lowest BCUT2D eigenvalue weighted by atomic mass is 10.2. The summed E-state index contributed by atoms with van der Waals surface area (Å²) >= 11 is 18.9. The van der Waals surface area contributed by atoms with Gasteiger partial charge in [0.2, 0.25) is 0 Å². The SMILES string of the molecule is O=S(=O)(Nc1nc(-c2cccnc2)cs1)c1c(Cl)cc(Cl)cc1Cl. The van der Waals surface area contributed by atoms with Crippen LogP contribution in [0, 0.1) is 0 Å². The van der Waals surface area contributed by atoms with Crippen molar-refractivity contribution in [3.8, 4) is 11.3 Å². The van der Waals surface area contributed by atoms with Crippen molar-refractivity contribution in [2.75, 3.05) is 4.72 Å². The second-order valence-corrected chi connectivity index (χ2v) is 8.31. The molecule has 0 amide bonds. The Hall–Kier alpha value is -1.38. The van der Waals surface area contributed by atoms with Crippen LogP contribution in [-0.4, -0.2) is 18.4 Å². The lowest BCUT2D eigenvalue weighted by molar-refractivity contribution is 0.601. The van der Waals surface area contributed by atoms with Gasteiger partial charge in [0.05, 0.1) is 15.7 Å². The standard InChI is InChI=1S/C14H8Cl3N3O2S2/c15-9-4-10(16)13(11(17)5-9)24(21,22)20-14-19-12(7-23-14)8-2-1-3-18-6-8/h1-7H,(H,19,20). The van der Waals surface area contributed by atoms with Crippen LogP contribution >= 0.6 is 46.1 Å². The lowest BCUT2D eigenvalue weighted by Crippen LogP contribution is -2.14. The number of pyridine rings is 1. The first-order chi connectivity index (χ1) is 11.4. The number of aromatic nitrogens is 2. The van der Waals surface area contributed by atoms with Crippen LogP contribution in [0.25, 0.3) is 11.3 Å². The first-order valence-electron chi connectivity index (χ1n) is 6.40. The van der Waals surface area contributed by atoms with Gasteiger partial charge < -0.3 is 0 Å². The van der Waals surface area contributed by atoms with E-state index in [1.54, 1.807) is 23.8 Å². The molecule has 2 aromatic heterocycles. The number of hydrogen-bond acceptors (Lipinski definition) is 5. The highest BCUT2D eigenvalue weighted by molar-refractivity contribution is 7.93. The summed E-state index contributed by atoms with van der Waals surface area (Å²) < 4.78 is 27.4. The molecule has 0 bridgehead atoms. The molecule has 10 heteroatoms. The highest BCUT2D eigenvalue weighted by Crippen LogP contribution is 2.34. The average molecular weight is 421 g/mol. The maximum absolute atomic E-state index is 12.5. The number of benzene rings is 1. The molecule has 0 fully saturated rings. The second kappa shape index (κ2) is 6.85. The van der Waals surface area contributed by atoms with Crippen molar-refractivity contribution in [2.45, 2.75) is 4.90 Å². The van der Waals surface area contributed by atoms with E-state index in [-0.39, 0.29) is 25.1 Å². The molecule has 0 unspecified atom stereocenters. The molecular formula is C14H8Cl3N3O2S2. The highest BCUT2D eigenvalue weighted by Gasteiger charge is 2.24. The molecule has 2 heterocycles. The zero-order valence-corrected chi connectivity index (χ0v) is 15.6. The summed E-state index contributed by atoms with van der Waals surface area (Å²) in [7, 11) is -4.00. The Labute approximate surface area is 157 Å². The van der Waals surface area contributed by atoms with E-state index in [1.807, 2.05) is 6.07 Å². The summed E-state index contributed by atoms with van der Waals surface area (Å²) in [6, 6.07) is 6.22. The molecule has 0 radical (unpaired) electrons. The summed E-state index contributed by atoms with van der Waals surface area (Å²) in [4.78, 5) is 8.00. The highest BCUT2D eigenvalue weighted by atomic mass is 35.5. The zero-order valence-electron chi connectivity index (χ0n) is 11.7. The summed E-state index contributed by atoms with van der Waals surface area (Å²) in [5.74, 6) is 0. The van der Waals surface area contributed by atoms with Crippen molar-refractivity contribution in [1.82, 2.24) is 9.97 Å². The van der Waals surface area contributed by atoms with Gasteiger partial charge in [-0.1, -0.05) is 34.8 Å². The van der Waals surface area contributed by atoms with Crippen LogP contribution < -0.4 is 4.72 Å². The summed E-state index contributed by atoms with van der Waals surface area (Å²) in [6.45, 7) is 0. The Morgan fingerprint density at radius 1 is 1.12 bits per heavy atom. The van der Waals surface area contributed by atoms with E-state index in [2.05, 4.69) is 14.7 Å². The Kier molecular flexibility index (Phi) is 4.98. The summed E-state index contributed by atoms with van der Waals surface area (Å²) in [5.41, 5.74) is 1.39. The molecule has 3 rings (SSSR count). The van der Waals surface area contributed by atoms with Gasteiger partial charge in [0.1, 0.15) is 4.90 Å². The van der Waals surface area contributed by atoms with Gasteiger partial charge in [-0.05, 0) is 24.3 Å². The Bertz CT molecular complexity index is 969. The lowest BCUT2D eigenvalue weighted by Gasteiger charge is -2.09. The summed E-state index contributed by atoms with van der Waals surface area (Å²) in [6.07, 6.45) is 3.28. The van der Waals surface area contributed by atoms with Crippen LogP contribution in [0.4, 0.5) is 5.13 Å². The predicted molar refractivity (Wildman–Crippen MR) is 97.6 cm³/mol. The predicted octanol–water partition coefficient (Wildman–Crippen LogP) is 4.97. The minimum absolute atomic E-state index is 0.0657. The van der Waals surface area contributed by atoms with E-state index in [0.717, 1.165) is 16.9 Å². The molecule has 0 saturated heterocycles. The second-order valence-electron chi connectivity index (χ2n) is 4.58. The molecule has 1 N–H and O–H groups in total. The minimum atomic E-state index is -4.00. The van der Waals surface area contributed by atoms with Crippen molar-refractivity contribution < 1.29 is 8.42 Å². The number of halogens is 3. The zero-order chi connectivity index (χ0) is 17.3. The molecular weight excluding hydrogens is 413 g/mol. The van der Waals surface area contributed by atoms with Gasteiger partial charge >= 0.3 is 0 Å². The maximum Gasteiger partial charge on any atom is 0.266 e. The fourth-order valence-corrected chi connectivity index (χ4v) is 5.44. The van der Waals surface area contributed by atoms with Crippen molar-refractivity contribution in [3.63, 3.8) is 0 Å². The van der Waals surface area contributed by atoms with Gasteiger partial charge in [-0.3, -0.25) is 9.71 Å². The van der Waals surface area contributed by atoms with Crippen LogP contribution in [-0.2, 0) is 10.0 Å². The average Bonchev–Trinajstić information content (AvgIpc) is 2.94. The number of thiazole rings is 1. The Morgan fingerprint density at radius 2 is 1.83 bits per heavy atom. The number of anilines is 1. The molecule has 0 atom stereocenters. The molecule has 0 aliphatic carbocycles. The van der Waals surface area contributed by atoms with Gasteiger partial charge in [-0.2, -0.15) is 0 Å². The van der Waals surface area contributed by atoms with Crippen molar-refractivity contribution in [1.29, 1.82) is 0 Å². The number of rotatable bonds is 4. The van der Waals surface area contributed by atoms with Gasteiger partial charge in [0.15, 0.2) is 5.13 Å². The molecule has 0 saturated carbocycles. The molecule has 0 aliphatic heterocycles. The van der Waals surface area contributed by atoms with Gasteiger partial charge in [-0.15, -0.1) is 11.3 Å². The van der Waals surface area contributed by atoms with Gasteiger partial charge in [-0.25, -0.2) is 13.4 Å². The minimum Gasteiger partial charge on any atom is -0.264 e. The number of hydrogen-bond donors (Lipinski definition) is 1. The van der Waals surface area contributed by atoms with E-state index in [1.165, 1.54) is 12.1 Å².